The first-order chi connectivity index (χ1) is 11.2. The Kier molecular flexibility index (Phi) is 4.99. The molecule has 0 bridgehead atoms. The van der Waals surface area contributed by atoms with Crippen LogP contribution in [-0.4, -0.2) is 15.0 Å². The molecule has 0 saturated heterocycles. The van der Waals surface area contributed by atoms with Gasteiger partial charge in [0.1, 0.15) is 10.8 Å². The Balaban J connectivity index is 1.90. The molecule has 0 aliphatic heterocycles. The quantitative estimate of drug-likeness (QED) is 0.637. The van der Waals surface area contributed by atoms with Gasteiger partial charge in [-0.1, -0.05) is 61.3 Å². The second-order valence-corrected chi connectivity index (χ2v) is 5.82. The highest BCUT2D eigenvalue weighted by Gasteiger charge is 2.08. The third kappa shape index (κ3) is 4.14. The van der Waals surface area contributed by atoms with Gasteiger partial charge in [-0.3, -0.25) is 0 Å². The van der Waals surface area contributed by atoms with Gasteiger partial charge in [-0.25, -0.2) is 15.0 Å². The summed E-state index contributed by atoms with van der Waals surface area (Å²) >= 11 is 6.13. The molecule has 0 unspecified atom stereocenters. The molecule has 0 fully saturated rings. The van der Waals surface area contributed by atoms with E-state index >= 15 is 0 Å². The van der Waals surface area contributed by atoms with Gasteiger partial charge in [0.2, 0.25) is 0 Å². The highest BCUT2D eigenvalue weighted by molar-refractivity contribution is 6.29. The summed E-state index contributed by atoms with van der Waals surface area (Å²) in [5, 5.41) is 0.466. The largest absolute Gasteiger partial charge is 0.249 e. The van der Waals surface area contributed by atoms with Gasteiger partial charge in [-0.05, 0) is 30.2 Å². The van der Waals surface area contributed by atoms with Crippen LogP contribution >= 0.6 is 11.6 Å². The topological polar surface area (TPSA) is 38.7 Å². The Hall–Kier alpha value is -2.26. The molecule has 0 atom stereocenters. The van der Waals surface area contributed by atoms with E-state index in [-0.39, 0.29) is 0 Å². The minimum atomic E-state index is 0.466. The molecule has 0 radical (unpaired) electrons. The summed E-state index contributed by atoms with van der Waals surface area (Å²) < 4.78 is 0. The molecule has 0 saturated carbocycles. The monoisotopic (exact) mass is 323 g/mol. The van der Waals surface area contributed by atoms with Gasteiger partial charge < -0.3 is 0 Å². The van der Waals surface area contributed by atoms with Crippen LogP contribution in [0.5, 0.6) is 0 Å². The van der Waals surface area contributed by atoms with E-state index in [1.807, 2.05) is 42.5 Å². The third-order valence-corrected chi connectivity index (χ3v) is 3.71. The van der Waals surface area contributed by atoms with Gasteiger partial charge in [-0.15, -0.1) is 0 Å². The third-order valence-electron chi connectivity index (χ3n) is 3.52. The second-order valence-electron chi connectivity index (χ2n) is 5.43. The number of aryl methyl sites for hydroxylation is 1. The van der Waals surface area contributed by atoms with Crippen molar-refractivity contribution in [2.24, 2.45) is 0 Å². The number of halogens is 1. The fourth-order valence-corrected chi connectivity index (χ4v) is 2.68. The Morgan fingerprint density at radius 2 is 1.70 bits per heavy atom. The van der Waals surface area contributed by atoms with Crippen molar-refractivity contribution < 1.29 is 0 Å². The van der Waals surface area contributed by atoms with Crippen molar-refractivity contribution >= 4 is 11.6 Å². The number of pyridine rings is 1. The van der Waals surface area contributed by atoms with Gasteiger partial charge in [-0.2, -0.15) is 0 Å². The predicted octanol–water partition coefficient (Wildman–Crippen LogP) is 4.74. The van der Waals surface area contributed by atoms with Crippen LogP contribution in [0.1, 0.15) is 30.3 Å². The highest BCUT2D eigenvalue weighted by atomic mass is 35.5. The maximum Gasteiger partial charge on any atom is 0.179 e. The van der Waals surface area contributed by atoms with Gasteiger partial charge in [0.25, 0.3) is 0 Å². The SMILES string of the molecule is CCCc1cc(Cl)nc(-c2cccc(Cc3ccccc3)n2)n1. The summed E-state index contributed by atoms with van der Waals surface area (Å²) in [7, 11) is 0. The van der Waals surface area contributed by atoms with E-state index in [4.69, 9.17) is 16.6 Å². The Labute approximate surface area is 141 Å². The zero-order valence-electron chi connectivity index (χ0n) is 13.0. The summed E-state index contributed by atoms with van der Waals surface area (Å²) in [5.41, 5.74) is 3.95. The van der Waals surface area contributed by atoms with Crippen LogP contribution in [0.4, 0.5) is 0 Å². The average molecular weight is 324 g/mol. The fourth-order valence-electron chi connectivity index (χ4n) is 2.47. The van der Waals surface area contributed by atoms with Crippen molar-refractivity contribution in [3.05, 3.63) is 76.7 Å². The molecule has 1 aromatic carbocycles. The minimum absolute atomic E-state index is 0.466. The van der Waals surface area contributed by atoms with E-state index in [1.54, 1.807) is 0 Å². The zero-order valence-corrected chi connectivity index (χ0v) is 13.8. The standard InChI is InChI=1S/C19H18ClN3/c1-2-7-15-13-18(20)23-19(22-15)17-11-6-10-16(21-17)12-14-8-4-3-5-9-14/h3-6,8-11,13H,2,7,12H2,1H3. The number of hydrogen-bond acceptors (Lipinski definition) is 3. The summed E-state index contributed by atoms with van der Waals surface area (Å²) in [5.74, 6) is 0.593. The highest BCUT2D eigenvalue weighted by Crippen LogP contribution is 2.18. The molecule has 2 heterocycles. The predicted molar refractivity (Wildman–Crippen MR) is 93.5 cm³/mol. The molecule has 0 N–H and O–H groups in total. The molecular weight excluding hydrogens is 306 g/mol. The van der Waals surface area contributed by atoms with Crippen molar-refractivity contribution in [1.82, 2.24) is 15.0 Å². The first kappa shape index (κ1) is 15.6. The van der Waals surface area contributed by atoms with Crippen molar-refractivity contribution in [3.63, 3.8) is 0 Å². The molecule has 23 heavy (non-hydrogen) atoms. The lowest BCUT2D eigenvalue weighted by Crippen LogP contribution is -2.00. The summed E-state index contributed by atoms with van der Waals surface area (Å²) in [6.45, 7) is 2.12. The number of aromatic nitrogens is 3. The molecular formula is C19H18ClN3. The molecule has 2 aromatic heterocycles. The molecule has 0 aliphatic rings. The smallest absolute Gasteiger partial charge is 0.179 e. The van der Waals surface area contributed by atoms with Crippen molar-refractivity contribution in [3.8, 4) is 11.5 Å². The lowest BCUT2D eigenvalue weighted by Gasteiger charge is -2.06. The van der Waals surface area contributed by atoms with Gasteiger partial charge in [0.05, 0.1) is 0 Å². The van der Waals surface area contributed by atoms with Crippen LogP contribution in [0.2, 0.25) is 5.15 Å². The van der Waals surface area contributed by atoms with Gasteiger partial charge in [0.15, 0.2) is 5.82 Å². The summed E-state index contributed by atoms with van der Waals surface area (Å²) in [6, 6.07) is 18.1. The van der Waals surface area contributed by atoms with Crippen LogP contribution in [-0.2, 0) is 12.8 Å². The number of benzene rings is 1. The van der Waals surface area contributed by atoms with Crippen LogP contribution in [0.25, 0.3) is 11.5 Å². The molecule has 0 aliphatic carbocycles. The summed E-state index contributed by atoms with van der Waals surface area (Å²) in [6.07, 6.45) is 2.70. The van der Waals surface area contributed by atoms with Crippen molar-refractivity contribution in [2.45, 2.75) is 26.2 Å². The van der Waals surface area contributed by atoms with E-state index in [1.165, 1.54) is 5.56 Å². The van der Waals surface area contributed by atoms with E-state index in [0.29, 0.717) is 11.0 Å². The molecule has 3 aromatic rings. The van der Waals surface area contributed by atoms with Crippen LogP contribution in [0.15, 0.2) is 54.6 Å². The Bertz CT molecular complexity index is 788. The molecule has 0 spiro atoms. The maximum absolute atomic E-state index is 6.13. The fraction of sp³-hybridized carbons (Fsp3) is 0.211. The van der Waals surface area contributed by atoms with Crippen molar-refractivity contribution in [1.29, 1.82) is 0 Å². The van der Waals surface area contributed by atoms with E-state index in [2.05, 4.69) is 29.0 Å². The molecule has 0 amide bonds. The van der Waals surface area contributed by atoms with E-state index < -0.39 is 0 Å². The summed E-state index contributed by atoms with van der Waals surface area (Å²) in [4.78, 5) is 13.6. The Morgan fingerprint density at radius 3 is 2.48 bits per heavy atom. The second kappa shape index (κ2) is 7.34. The number of rotatable bonds is 5. The molecule has 116 valence electrons. The molecule has 3 rings (SSSR count). The van der Waals surface area contributed by atoms with Gasteiger partial charge in [0, 0.05) is 17.8 Å². The lowest BCUT2D eigenvalue weighted by molar-refractivity contribution is 0.873. The number of hydrogen-bond donors (Lipinski definition) is 0. The number of nitrogens with zero attached hydrogens (tertiary/aromatic N) is 3. The molecule has 4 heteroatoms. The maximum atomic E-state index is 6.13. The minimum Gasteiger partial charge on any atom is -0.249 e. The Morgan fingerprint density at radius 1 is 0.870 bits per heavy atom. The first-order valence-corrected chi connectivity index (χ1v) is 8.16. The van der Waals surface area contributed by atoms with Gasteiger partial charge >= 0.3 is 0 Å². The zero-order chi connectivity index (χ0) is 16.1. The van der Waals surface area contributed by atoms with Crippen LogP contribution in [0.3, 0.4) is 0 Å². The first-order valence-electron chi connectivity index (χ1n) is 7.78. The lowest BCUT2D eigenvalue weighted by atomic mass is 10.1. The normalized spacial score (nSPS) is 10.7. The molecule has 3 nitrogen and oxygen atoms in total. The average Bonchev–Trinajstić information content (AvgIpc) is 2.56. The van der Waals surface area contributed by atoms with Crippen LogP contribution in [0, 0.1) is 0 Å². The van der Waals surface area contributed by atoms with Crippen LogP contribution < -0.4 is 0 Å². The van der Waals surface area contributed by atoms with E-state index in [9.17, 15) is 0 Å². The van der Waals surface area contributed by atoms with Crippen molar-refractivity contribution in [2.75, 3.05) is 0 Å². The van der Waals surface area contributed by atoms with E-state index in [0.717, 1.165) is 36.3 Å².